The Balaban J connectivity index is 0.00000324. The molecule has 0 spiro atoms. The molecule has 0 amide bonds. The van der Waals surface area contributed by atoms with E-state index in [9.17, 15) is 13.2 Å². The van der Waals surface area contributed by atoms with Gasteiger partial charge in [-0.25, -0.2) is 0 Å². The molecule has 0 unspecified atom stereocenters. The van der Waals surface area contributed by atoms with Gasteiger partial charge in [-0.1, -0.05) is 26.0 Å². The van der Waals surface area contributed by atoms with Crippen LogP contribution in [-0.4, -0.2) is 5.51 Å². The molecule has 1 rings (SSSR count). The first kappa shape index (κ1) is 18.6. The van der Waals surface area contributed by atoms with Gasteiger partial charge in [-0.3, -0.25) is 0 Å². The highest BCUT2D eigenvalue weighted by atomic mass is 35.5. The SMILES string of the molecule is CC(C)CC[C@H](N)c1ccc(SC(F)(F)F)cc1.Cl. The molecule has 1 aromatic carbocycles. The molecular formula is C13H19ClF3NS. The van der Waals surface area contributed by atoms with Crippen LogP contribution in [-0.2, 0) is 0 Å². The van der Waals surface area contributed by atoms with Crippen LogP contribution in [0.4, 0.5) is 13.2 Å². The van der Waals surface area contributed by atoms with Crippen LogP contribution in [0.5, 0.6) is 0 Å². The van der Waals surface area contributed by atoms with Gasteiger partial charge in [0.15, 0.2) is 0 Å². The number of alkyl halides is 3. The first-order valence-corrected chi connectivity index (χ1v) is 6.71. The number of halogens is 4. The van der Waals surface area contributed by atoms with E-state index >= 15 is 0 Å². The zero-order valence-electron chi connectivity index (χ0n) is 10.9. The average molecular weight is 314 g/mol. The number of hydrogen-bond donors (Lipinski definition) is 1. The number of benzene rings is 1. The summed E-state index contributed by atoms with van der Waals surface area (Å²) in [6.07, 6.45) is 1.86. The van der Waals surface area contributed by atoms with Crippen LogP contribution in [0.3, 0.4) is 0 Å². The molecule has 1 aromatic rings. The molecule has 0 aliphatic carbocycles. The molecule has 1 atom stereocenters. The Hall–Kier alpha value is -0.390. The maximum Gasteiger partial charge on any atom is 0.446 e. The zero-order valence-corrected chi connectivity index (χ0v) is 12.5. The van der Waals surface area contributed by atoms with Crippen LogP contribution in [0.15, 0.2) is 29.2 Å². The Morgan fingerprint density at radius 2 is 1.63 bits per heavy atom. The lowest BCUT2D eigenvalue weighted by molar-refractivity contribution is -0.0328. The molecule has 0 saturated carbocycles. The van der Waals surface area contributed by atoms with Crippen LogP contribution >= 0.6 is 24.2 Å². The summed E-state index contributed by atoms with van der Waals surface area (Å²) in [6, 6.07) is 6.21. The van der Waals surface area contributed by atoms with Crippen LogP contribution in [0, 0.1) is 5.92 Å². The van der Waals surface area contributed by atoms with Crippen molar-refractivity contribution in [1.82, 2.24) is 0 Å². The van der Waals surface area contributed by atoms with E-state index in [1.807, 2.05) is 0 Å². The van der Waals surface area contributed by atoms with Crippen molar-refractivity contribution >= 4 is 24.2 Å². The van der Waals surface area contributed by atoms with Gasteiger partial charge in [0, 0.05) is 10.9 Å². The van der Waals surface area contributed by atoms with Crippen molar-refractivity contribution in [3.63, 3.8) is 0 Å². The Bertz CT molecular complexity index is 365. The third kappa shape index (κ3) is 7.70. The van der Waals surface area contributed by atoms with Crippen molar-refractivity contribution in [2.24, 2.45) is 11.7 Å². The highest BCUT2D eigenvalue weighted by molar-refractivity contribution is 8.00. The van der Waals surface area contributed by atoms with Crippen molar-refractivity contribution in [3.8, 4) is 0 Å². The molecule has 0 heterocycles. The fourth-order valence-electron chi connectivity index (χ4n) is 1.60. The summed E-state index contributed by atoms with van der Waals surface area (Å²) in [5.41, 5.74) is 2.65. The van der Waals surface area contributed by atoms with E-state index in [1.54, 1.807) is 12.1 Å². The minimum Gasteiger partial charge on any atom is -0.324 e. The molecular weight excluding hydrogens is 295 g/mol. The second-order valence-corrected chi connectivity index (χ2v) is 5.83. The Kier molecular flexibility index (Phi) is 7.86. The molecule has 110 valence electrons. The topological polar surface area (TPSA) is 26.0 Å². The van der Waals surface area contributed by atoms with Gasteiger partial charge in [0.2, 0.25) is 0 Å². The lowest BCUT2D eigenvalue weighted by Gasteiger charge is -2.14. The molecule has 0 saturated heterocycles. The average Bonchev–Trinajstić information content (AvgIpc) is 2.24. The van der Waals surface area contributed by atoms with E-state index in [-0.39, 0.29) is 35.1 Å². The summed E-state index contributed by atoms with van der Waals surface area (Å²) in [4.78, 5) is 0.197. The molecule has 0 aliphatic rings. The maximum atomic E-state index is 12.1. The summed E-state index contributed by atoms with van der Waals surface area (Å²) >= 11 is -0.101. The molecule has 19 heavy (non-hydrogen) atoms. The van der Waals surface area contributed by atoms with Crippen molar-refractivity contribution in [3.05, 3.63) is 29.8 Å². The highest BCUT2D eigenvalue weighted by Gasteiger charge is 2.29. The van der Waals surface area contributed by atoms with Gasteiger partial charge in [0.25, 0.3) is 0 Å². The van der Waals surface area contributed by atoms with Gasteiger partial charge >= 0.3 is 5.51 Å². The standard InChI is InChI=1S/C13H18F3NS.ClH/c1-9(2)3-8-12(17)10-4-6-11(7-5-10)18-13(14,15)16;/h4-7,9,12H,3,8,17H2,1-2H3;1H/t12-;/m0./s1. The van der Waals surface area contributed by atoms with Crippen LogP contribution in [0.2, 0.25) is 0 Å². The van der Waals surface area contributed by atoms with E-state index < -0.39 is 5.51 Å². The molecule has 0 fully saturated rings. The second kappa shape index (κ2) is 8.02. The van der Waals surface area contributed by atoms with E-state index in [1.165, 1.54) is 12.1 Å². The fourth-order valence-corrected chi connectivity index (χ4v) is 2.14. The molecule has 0 aromatic heterocycles. The molecule has 6 heteroatoms. The minimum atomic E-state index is -4.23. The Morgan fingerprint density at radius 3 is 2.05 bits per heavy atom. The van der Waals surface area contributed by atoms with Crippen LogP contribution < -0.4 is 5.73 Å². The van der Waals surface area contributed by atoms with E-state index in [2.05, 4.69) is 13.8 Å². The predicted molar refractivity (Wildman–Crippen MR) is 76.6 cm³/mol. The minimum absolute atomic E-state index is 0. The van der Waals surface area contributed by atoms with E-state index in [4.69, 9.17) is 5.73 Å². The largest absolute Gasteiger partial charge is 0.446 e. The quantitative estimate of drug-likeness (QED) is 0.760. The molecule has 0 bridgehead atoms. The van der Waals surface area contributed by atoms with Crippen molar-refractivity contribution in [2.75, 3.05) is 0 Å². The number of rotatable bonds is 5. The fraction of sp³-hybridized carbons (Fsp3) is 0.538. The summed E-state index contributed by atoms with van der Waals surface area (Å²) in [6.45, 7) is 4.24. The van der Waals surface area contributed by atoms with Crippen LogP contribution in [0.1, 0.15) is 38.3 Å². The molecule has 1 nitrogen and oxygen atoms in total. The van der Waals surface area contributed by atoms with Crippen molar-refractivity contribution in [2.45, 2.75) is 43.1 Å². The normalized spacial score (nSPS) is 13.2. The third-order valence-corrected chi connectivity index (χ3v) is 3.34. The van der Waals surface area contributed by atoms with Gasteiger partial charge < -0.3 is 5.73 Å². The smallest absolute Gasteiger partial charge is 0.324 e. The number of nitrogens with two attached hydrogens (primary N) is 1. The maximum absolute atomic E-state index is 12.1. The summed E-state index contributed by atoms with van der Waals surface area (Å²) in [7, 11) is 0. The first-order chi connectivity index (χ1) is 8.28. The van der Waals surface area contributed by atoms with Crippen LogP contribution in [0.25, 0.3) is 0 Å². The predicted octanol–water partition coefficient (Wildman–Crippen LogP) is 5.16. The molecule has 2 N–H and O–H groups in total. The second-order valence-electron chi connectivity index (χ2n) is 4.69. The Labute approximate surface area is 122 Å². The van der Waals surface area contributed by atoms with E-state index in [0.717, 1.165) is 18.4 Å². The highest BCUT2D eigenvalue weighted by Crippen LogP contribution is 2.37. The number of thioether (sulfide) groups is 1. The van der Waals surface area contributed by atoms with Gasteiger partial charge in [0.05, 0.1) is 0 Å². The van der Waals surface area contributed by atoms with E-state index in [0.29, 0.717) is 5.92 Å². The lowest BCUT2D eigenvalue weighted by Crippen LogP contribution is -2.11. The Morgan fingerprint density at radius 1 is 1.11 bits per heavy atom. The van der Waals surface area contributed by atoms with Gasteiger partial charge in [0.1, 0.15) is 0 Å². The molecule has 0 aliphatic heterocycles. The summed E-state index contributed by atoms with van der Waals surface area (Å²) in [5, 5.41) is 0. The zero-order chi connectivity index (χ0) is 13.8. The number of hydrogen-bond acceptors (Lipinski definition) is 2. The van der Waals surface area contributed by atoms with Gasteiger partial charge in [-0.15, -0.1) is 12.4 Å². The summed E-state index contributed by atoms with van der Waals surface area (Å²) < 4.78 is 36.4. The molecule has 0 radical (unpaired) electrons. The lowest BCUT2D eigenvalue weighted by atomic mass is 9.98. The van der Waals surface area contributed by atoms with Crippen molar-refractivity contribution in [1.29, 1.82) is 0 Å². The van der Waals surface area contributed by atoms with Gasteiger partial charge in [-0.2, -0.15) is 13.2 Å². The first-order valence-electron chi connectivity index (χ1n) is 5.89. The summed E-state index contributed by atoms with van der Waals surface area (Å²) in [5.74, 6) is 0.580. The van der Waals surface area contributed by atoms with Gasteiger partial charge in [-0.05, 0) is 48.2 Å². The monoisotopic (exact) mass is 313 g/mol. The third-order valence-electron chi connectivity index (χ3n) is 2.60. The van der Waals surface area contributed by atoms with Crippen molar-refractivity contribution < 1.29 is 13.2 Å².